The normalized spacial score (nSPS) is 11.1. The van der Waals surface area contributed by atoms with E-state index in [1.54, 1.807) is 0 Å². The Bertz CT molecular complexity index is 429. The molecule has 0 N–H and O–H groups in total. The summed E-state index contributed by atoms with van der Waals surface area (Å²) in [5, 5.41) is 0.406. The highest BCUT2D eigenvalue weighted by Gasteiger charge is 2.00. The number of Topliss-reactive ketones (excluding diaryl/α,β-unsaturated/α-hetero) is 1. The zero-order valence-electron chi connectivity index (χ0n) is 21.0. The molecule has 0 aromatic carbocycles. The molecule has 0 bridgehead atoms. The van der Waals surface area contributed by atoms with E-state index in [9.17, 15) is 9.59 Å². The number of ether oxygens (including phenoxy) is 9. The number of carbonyl (C=O) groups excluding carboxylic acids is 2. The molecular formula is C23H43BrO11. The van der Waals surface area contributed by atoms with Crippen molar-refractivity contribution in [3.05, 3.63) is 0 Å². The van der Waals surface area contributed by atoms with Gasteiger partial charge in [-0.25, -0.2) is 0 Å². The molecule has 0 fully saturated rings. The van der Waals surface area contributed by atoms with Crippen LogP contribution in [0.2, 0.25) is 0 Å². The Morgan fingerprint density at radius 2 is 0.800 bits per heavy atom. The Balaban J connectivity index is 3.05. The molecule has 208 valence electrons. The van der Waals surface area contributed by atoms with Gasteiger partial charge in [0.25, 0.3) is 0 Å². The van der Waals surface area contributed by atoms with Gasteiger partial charge in [-0.3, -0.25) is 9.59 Å². The molecule has 0 rings (SSSR count). The Labute approximate surface area is 217 Å². The van der Waals surface area contributed by atoms with Crippen LogP contribution in [0.3, 0.4) is 0 Å². The minimum atomic E-state index is -0.286. The van der Waals surface area contributed by atoms with Gasteiger partial charge < -0.3 is 42.6 Å². The molecule has 0 aromatic rings. The van der Waals surface area contributed by atoms with Crippen LogP contribution in [0.1, 0.15) is 19.3 Å². The van der Waals surface area contributed by atoms with E-state index in [1.165, 1.54) is 7.11 Å². The number of rotatable bonds is 29. The lowest BCUT2D eigenvalue weighted by molar-refractivity contribution is -0.142. The van der Waals surface area contributed by atoms with Crippen LogP contribution < -0.4 is 0 Å². The molecule has 11 nitrogen and oxygen atoms in total. The largest absolute Gasteiger partial charge is 0.469 e. The fraction of sp³-hybridized carbons (Fsp3) is 0.913. The fourth-order valence-corrected chi connectivity index (χ4v) is 2.62. The second kappa shape index (κ2) is 29.5. The van der Waals surface area contributed by atoms with Crippen LogP contribution in [0.15, 0.2) is 0 Å². The molecule has 0 atom stereocenters. The summed E-state index contributed by atoms with van der Waals surface area (Å²) in [4.78, 5) is 22.0. The number of halogens is 1. The lowest BCUT2D eigenvalue weighted by atomic mass is 10.2. The lowest BCUT2D eigenvalue weighted by Crippen LogP contribution is -2.15. The van der Waals surface area contributed by atoms with E-state index in [1.807, 2.05) is 0 Å². The van der Waals surface area contributed by atoms with E-state index >= 15 is 0 Å². The third kappa shape index (κ3) is 29.4. The highest BCUT2D eigenvalue weighted by molar-refractivity contribution is 9.09. The Morgan fingerprint density at radius 1 is 0.486 bits per heavy atom. The van der Waals surface area contributed by atoms with Crippen molar-refractivity contribution in [1.82, 2.24) is 0 Å². The van der Waals surface area contributed by atoms with Gasteiger partial charge in [0.05, 0.1) is 118 Å². The number of ketones is 1. The van der Waals surface area contributed by atoms with Crippen molar-refractivity contribution in [2.24, 2.45) is 0 Å². The van der Waals surface area contributed by atoms with Crippen molar-refractivity contribution in [3.63, 3.8) is 0 Å². The monoisotopic (exact) mass is 574 g/mol. The standard InChI is InChI=1S/C23H43BrO11/c1-27-23(26)4-6-29-8-10-31-12-14-33-16-18-35-20-19-34-17-15-32-13-11-30-9-7-28-5-2-3-22(25)21-24/h2-21H2,1H3. The summed E-state index contributed by atoms with van der Waals surface area (Å²) < 4.78 is 47.5. The zero-order valence-corrected chi connectivity index (χ0v) is 22.6. The first-order chi connectivity index (χ1) is 17.2. The Kier molecular flexibility index (Phi) is 28.9. The predicted octanol–water partition coefficient (Wildman–Crippen LogP) is 1.43. The van der Waals surface area contributed by atoms with Gasteiger partial charge >= 0.3 is 5.97 Å². The third-order valence-corrected chi connectivity index (χ3v) is 4.80. The molecule has 0 aliphatic rings. The van der Waals surface area contributed by atoms with E-state index in [-0.39, 0.29) is 18.2 Å². The van der Waals surface area contributed by atoms with Gasteiger partial charge in [0.2, 0.25) is 0 Å². The van der Waals surface area contributed by atoms with Gasteiger partial charge in [-0.05, 0) is 6.42 Å². The smallest absolute Gasteiger partial charge is 0.307 e. The highest BCUT2D eigenvalue weighted by atomic mass is 79.9. The SMILES string of the molecule is COC(=O)CCOCCOCCOCCOCCOCCOCCOCCOCCCC(=O)CBr. The quantitative estimate of drug-likeness (QED) is 0.0733. The molecule has 0 aliphatic carbocycles. The highest BCUT2D eigenvalue weighted by Crippen LogP contribution is 1.95. The van der Waals surface area contributed by atoms with E-state index in [0.29, 0.717) is 117 Å². The van der Waals surface area contributed by atoms with Gasteiger partial charge in [-0.2, -0.15) is 0 Å². The number of carbonyl (C=O) groups is 2. The van der Waals surface area contributed by atoms with Crippen LogP contribution in [0.25, 0.3) is 0 Å². The average Bonchev–Trinajstić information content (AvgIpc) is 2.87. The minimum Gasteiger partial charge on any atom is -0.469 e. The topological polar surface area (TPSA) is 117 Å². The van der Waals surface area contributed by atoms with Crippen molar-refractivity contribution < 1.29 is 52.2 Å². The van der Waals surface area contributed by atoms with Crippen LogP contribution in [-0.4, -0.2) is 130 Å². The molecule has 0 heterocycles. The summed E-state index contributed by atoms with van der Waals surface area (Å²) in [5.74, 6) is -0.0943. The maximum Gasteiger partial charge on any atom is 0.307 e. The van der Waals surface area contributed by atoms with E-state index < -0.39 is 0 Å². The summed E-state index contributed by atoms with van der Waals surface area (Å²) in [5.41, 5.74) is 0. The molecule has 0 amide bonds. The molecule has 0 aromatic heterocycles. The second-order valence-corrected chi connectivity index (χ2v) is 7.56. The summed E-state index contributed by atoms with van der Waals surface area (Å²) in [6, 6.07) is 0. The van der Waals surface area contributed by atoms with Crippen LogP contribution >= 0.6 is 15.9 Å². The van der Waals surface area contributed by atoms with Gasteiger partial charge in [0, 0.05) is 13.0 Å². The molecule has 0 unspecified atom stereocenters. The molecule has 0 saturated heterocycles. The maximum atomic E-state index is 11.1. The number of alkyl halides is 1. The number of hydrogen-bond acceptors (Lipinski definition) is 11. The summed E-state index contributed by atoms with van der Waals surface area (Å²) in [6.45, 7) is 7.75. The van der Waals surface area contributed by atoms with Crippen molar-refractivity contribution in [2.75, 3.05) is 118 Å². The van der Waals surface area contributed by atoms with Crippen molar-refractivity contribution in [3.8, 4) is 0 Å². The zero-order chi connectivity index (χ0) is 25.7. The summed E-state index contributed by atoms with van der Waals surface area (Å²) in [7, 11) is 1.35. The number of esters is 1. The number of hydrogen-bond donors (Lipinski definition) is 0. The fourth-order valence-electron chi connectivity index (χ4n) is 2.34. The van der Waals surface area contributed by atoms with Gasteiger partial charge in [0.15, 0.2) is 0 Å². The maximum absolute atomic E-state index is 11.1. The third-order valence-electron chi connectivity index (χ3n) is 4.18. The van der Waals surface area contributed by atoms with Gasteiger partial charge in [-0.15, -0.1) is 0 Å². The van der Waals surface area contributed by atoms with E-state index in [4.69, 9.17) is 37.9 Å². The van der Waals surface area contributed by atoms with Crippen LogP contribution in [0, 0.1) is 0 Å². The van der Waals surface area contributed by atoms with Gasteiger partial charge in [-0.1, -0.05) is 15.9 Å². The molecular weight excluding hydrogens is 532 g/mol. The molecule has 0 spiro atoms. The first-order valence-electron chi connectivity index (χ1n) is 12.0. The lowest BCUT2D eigenvalue weighted by Gasteiger charge is -2.08. The van der Waals surface area contributed by atoms with Crippen LogP contribution in [0.5, 0.6) is 0 Å². The summed E-state index contributed by atoms with van der Waals surface area (Å²) >= 11 is 3.13. The number of methoxy groups -OCH3 is 1. The predicted molar refractivity (Wildman–Crippen MR) is 131 cm³/mol. The Hall–Kier alpha value is -0.700. The minimum absolute atomic E-state index is 0.191. The average molecular weight is 575 g/mol. The van der Waals surface area contributed by atoms with E-state index in [0.717, 1.165) is 6.42 Å². The van der Waals surface area contributed by atoms with Gasteiger partial charge in [0.1, 0.15) is 5.78 Å². The first-order valence-corrected chi connectivity index (χ1v) is 13.1. The molecule has 0 saturated carbocycles. The van der Waals surface area contributed by atoms with Crippen LogP contribution in [0.4, 0.5) is 0 Å². The van der Waals surface area contributed by atoms with Crippen LogP contribution in [-0.2, 0) is 52.2 Å². The molecule has 0 aliphatic heterocycles. The molecule has 12 heteroatoms. The Morgan fingerprint density at radius 3 is 1.11 bits per heavy atom. The summed E-state index contributed by atoms with van der Waals surface area (Å²) in [6.07, 6.45) is 1.53. The van der Waals surface area contributed by atoms with Crippen molar-refractivity contribution >= 4 is 27.7 Å². The first kappa shape index (κ1) is 34.3. The van der Waals surface area contributed by atoms with E-state index in [2.05, 4.69) is 20.7 Å². The molecule has 35 heavy (non-hydrogen) atoms. The second-order valence-electron chi connectivity index (χ2n) is 7.00. The molecule has 0 radical (unpaired) electrons. The van der Waals surface area contributed by atoms with Crippen molar-refractivity contribution in [1.29, 1.82) is 0 Å². The van der Waals surface area contributed by atoms with Crippen molar-refractivity contribution in [2.45, 2.75) is 19.3 Å².